The van der Waals surface area contributed by atoms with Crippen LogP contribution in [0.1, 0.15) is 17.5 Å². The fourth-order valence-corrected chi connectivity index (χ4v) is 1.79. The number of nitrogens with one attached hydrogen (secondary N) is 1. The first-order chi connectivity index (χ1) is 8.29. The highest BCUT2D eigenvalue weighted by Crippen LogP contribution is 2.17. The van der Waals surface area contributed by atoms with Gasteiger partial charge in [0.1, 0.15) is 5.82 Å². The zero-order valence-electron chi connectivity index (χ0n) is 9.21. The van der Waals surface area contributed by atoms with Gasteiger partial charge in [0.15, 0.2) is 0 Å². The second-order valence-electron chi connectivity index (χ2n) is 3.12. The number of ether oxygens (including phenoxy) is 1. The molecule has 0 saturated heterocycles. The number of hydrogen-bond donors (Lipinski definition) is 1. The maximum absolute atomic E-state index is 11.4. The average Bonchev–Trinajstić information content (AvgIpc) is 2.82. The number of carbonyl (C=O) groups is 1. The molecule has 2 heterocycles. The normalized spacial score (nSPS) is 9.94. The molecule has 2 aromatic rings. The Hall–Kier alpha value is -1.95. The van der Waals surface area contributed by atoms with Crippen LogP contribution in [0, 0.1) is 0 Å². The Morgan fingerprint density at radius 3 is 3.12 bits per heavy atom. The van der Waals surface area contributed by atoms with Crippen LogP contribution in [0.5, 0.6) is 0 Å². The molecule has 5 nitrogen and oxygen atoms in total. The summed E-state index contributed by atoms with van der Waals surface area (Å²) < 4.78 is 4.83. The van der Waals surface area contributed by atoms with Gasteiger partial charge < -0.3 is 10.1 Å². The minimum atomic E-state index is -0.513. The van der Waals surface area contributed by atoms with Crippen LogP contribution in [-0.4, -0.2) is 22.5 Å². The molecule has 0 unspecified atom stereocenters. The Balaban J connectivity index is 2.14. The highest BCUT2D eigenvalue weighted by Gasteiger charge is 2.10. The van der Waals surface area contributed by atoms with E-state index in [1.165, 1.54) is 6.20 Å². The third kappa shape index (κ3) is 3.01. The van der Waals surface area contributed by atoms with Gasteiger partial charge in [-0.25, -0.2) is 14.8 Å². The lowest BCUT2D eigenvalue weighted by Gasteiger charge is -2.04. The number of anilines is 2. The van der Waals surface area contributed by atoms with E-state index in [2.05, 4.69) is 15.3 Å². The molecule has 0 atom stereocenters. The number of aromatic nitrogens is 2. The van der Waals surface area contributed by atoms with E-state index < -0.39 is 5.97 Å². The quantitative estimate of drug-likeness (QED) is 0.843. The van der Waals surface area contributed by atoms with Crippen LogP contribution in [0.4, 0.5) is 11.5 Å². The first-order valence-electron chi connectivity index (χ1n) is 5.09. The minimum absolute atomic E-state index is 0.0621. The number of hydrogen-bond acceptors (Lipinski definition) is 6. The smallest absolute Gasteiger partial charge is 0.376 e. The Labute approximate surface area is 102 Å². The molecule has 0 saturated carbocycles. The number of thiophene rings is 1. The van der Waals surface area contributed by atoms with Gasteiger partial charge in [0.2, 0.25) is 5.82 Å². The third-order valence-corrected chi connectivity index (χ3v) is 2.59. The minimum Gasteiger partial charge on any atom is -0.460 e. The molecule has 2 aromatic heterocycles. The molecule has 0 radical (unpaired) electrons. The monoisotopic (exact) mass is 249 g/mol. The lowest BCUT2D eigenvalue weighted by atomic mass is 10.4. The molecular formula is C11H11N3O2S. The van der Waals surface area contributed by atoms with Crippen molar-refractivity contribution in [3.05, 3.63) is 34.9 Å². The van der Waals surface area contributed by atoms with E-state index in [-0.39, 0.29) is 5.82 Å². The predicted molar refractivity (Wildman–Crippen MR) is 65.6 cm³/mol. The predicted octanol–water partition coefficient (Wildman–Crippen LogP) is 2.46. The second kappa shape index (κ2) is 5.40. The largest absolute Gasteiger partial charge is 0.460 e. The van der Waals surface area contributed by atoms with Crippen LogP contribution < -0.4 is 5.32 Å². The van der Waals surface area contributed by atoms with Gasteiger partial charge in [-0.3, -0.25) is 0 Å². The van der Waals surface area contributed by atoms with Crippen molar-refractivity contribution in [2.75, 3.05) is 11.9 Å². The molecule has 0 aliphatic rings. The van der Waals surface area contributed by atoms with Gasteiger partial charge in [-0.1, -0.05) is 0 Å². The molecule has 0 aliphatic carbocycles. The standard InChI is InChI=1S/C11H11N3O2S/c1-2-16-11(15)10-12-5-3-9(14-10)13-8-4-6-17-7-8/h3-7H,2H2,1H3,(H,12,13,14). The lowest BCUT2D eigenvalue weighted by Crippen LogP contribution is -2.10. The highest BCUT2D eigenvalue weighted by molar-refractivity contribution is 7.08. The maximum Gasteiger partial charge on any atom is 0.376 e. The van der Waals surface area contributed by atoms with Crippen molar-refractivity contribution in [2.45, 2.75) is 6.92 Å². The number of rotatable bonds is 4. The van der Waals surface area contributed by atoms with Crippen LogP contribution >= 0.6 is 11.3 Å². The summed E-state index contributed by atoms with van der Waals surface area (Å²) in [6, 6.07) is 3.62. The van der Waals surface area contributed by atoms with E-state index in [1.54, 1.807) is 24.3 Å². The Kier molecular flexibility index (Phi) is 3.66. The van der Waals surface area contributed by atoms with Crippen LogP contribution in [0.2, 0.25) is 0 Å². The van der Waals surface area contributed by atoms with Crippen LogP contribution in [-0.2, 0) is 4.74 Å². The van der Waals surface area contributed by atoms with E-state index in [0.29, 0.717) is 12.4 Å². The van der Waals surface area contributed by atoms with Crippen LogP contribution in [0.3, 0.4) is 0 Å². The second-order valence-corrected chi connectivity index (χ2v) is 3.90. The van der Waals surface area contributed by atoms with Crippen molar-refractivity contribution in [3.63, 3.8) is 0 Å². The summed E-state index contributed by atoms with van der Waals surface area (Å²) >= 11 is 1.58. The van der Waals surface area contributed by atoms with E-state index >= 15 is 0 Å². The van der Waals surface area contributed by atoms with E-state index in [9.17, 15) is 4.79 Å². The molecule has 0 fully saturated rings. The number of carbonyl (C=O) groups excluding carboxylic acids is 1. The van der Waals surface area contributed by atoms with Gasteiger partial charge in [-0.05, 0) is 24.4 Å². The molecular weight excluding hydrogens is 238 g/mol. The molecule has 0 aromatic carbocycles. The van der Waals surface area contributed by atoms with Crippen molar-refractivity contribution < 1.29 is 9.53 Å². The summed E-state index contributed by atoms with van der Waals surface area (Å²) in [6.45, 7) is 2.05. The zero-order chi connectivity index (χ0) is 12.1. The van der Waals surface area contributed by atoms with Gasteiger partial charge in [0.05, 0.1) is 12.3 Å². The molecule has 0 amide bonds. The third-order valence-electron chi connectivity index (χ3n) is 1.91. The molecule has 2 rings (SSSR count). The summed E-state index contributed by atoms with van der Waals surface area (Å²) in [5.74, 6) is 0.120. The Morgan fingerprint density at radius 1 is 1.53 bits per heavy atom. The molecule has 17 heavy (non-hydrogen) atoms. The van der Waals surface area contributed by atoms with Gasteiger partial charge in [-0.2, -0.15) is 11.3 Å². The lowest BCUT2D eigenvalue weighted by molar-refractivity contribution is 0.0512. The fraction of sp³-hybridized carbons (Fsp3) is 0.182. The van der Waals surface area contributed by atoms with Gasteiger partial charge in [0.25, 0.3) is 0 Å². The van der Waals surface area contributed by atoms with Gasteiger partial charge in [-0.15, -0.1) is 0 Å². The number of nitrogens with zero attached hydrogens (tertiary/aromatic N) is 2. The molecule has 0 aliphatic heterocycles. The van der Waals surface area contributed by atoms with E-state index in [0.717, 1.165) is 5.69 Å². The van der Waals surface area contributed by atoms with E-state index in [1.807, 2.05) is 16.8 Å². The van der Waals surface area contributed by atoms with Crippen molar-refractivity contribution in [1.82, 2.24) is 9.97 Å². The SMILES string of the molecule is CCOC(=O)c1nccc(Nc2ccsc2)n1. The molecule has 0 spiro atoms. The zero-order valence-corrected chi connectivity index (χ0v) is 10.0. The Morgan fingerprint density at radius 2 is 2.41 bits per heavy atom. The highest BCUT2D eigenvalue weighted by atomic mass is 32.1. The van der Waals surface area contributed by atoms with Crippen molar-refractivity contribution >= 4 is 28.8 Å². The summed E-state index contributed by atoms with van der Waals surface area (Å²) in [6.07, 6.45) is 1.52. The van der Waals surface area contributed by atoms with Gasteiger partial charge >= 0.3 is 5.97 Å². The fourth-order valence-electron chi connectivity index (χ4n) is 1.21. The van der Waals surface area contributed by atoms with Crippen molar-refractivity contribution in [2.24, 2.45) is 0 Å². The summed E-state index contributed by atoms with van der Waals surface area (Å²) in [7, 11) is 0. The first-order valence-corrected chi connectivity index (χ1v) is 6.03. The summed E-state index contributed by atoms with van der Waals surface area (Å²) in [5, 5.41) is 6.98. The van der Waals surface area contributed by atoms with Gasteiger partial charge in [0, 0.05) is 11.6 Å². The Bertz CT molecular complexity index is 499. The van der Waals surface area contributed by atoms with Crippen molar-refractivity contribution in [1.29, 1.82) is 0 Å². The molecule has 6 heteroatoms. The molecule has 88 valence electrons. The van der Waals surface area contributed by atoms with Crippen LogP contribution in [0.25, 0.3) is 0 Å². The average molecular weight is 249 g/mol. The van der Waals surface area contributed by atoms with E-state index in [4.69, 9.17) is 4.74 Å². The molecule has 0 bridgehead atoms. The maximum atomic E-state index is 11.4. The number of esters is 1. The summed E-state index contributed by atoms with van der Waals surface area (Å²) in [5.41, 5.74) is 0.934. The van der Waals surface area contributed by atoms with Crippen LogP contribution in [0.15, 0.2) is 29.1 Å². The topological polar surface area (TPSA) is 64.1 Å². The summed E-state index contributed by atoms with van der Waals surface area (Å²) in [4.78, 5) is 19.4. The molecule has 1 N–H and O–H groups in total. The first kappa shape index (κ1) is 11.5. The van der Waals surface area contributed by atoms with Crippen molar-refractivity contribution in [3.8, 4) is 0 Å².